The van der Waals surface area contributed by atoms with Crippen LogP contribution in [0.25, 0.3) is 0 Å². The van der Waals surface area contributed by atoms with E-state index in [1.807, 2.05) is 24.3 Å². The largest absolute Gasteiger partial charge is 0.484 e. The normalized spacial score (nSPS) is 10.5. The highest BCUT2D eigenvalue weighted by atomic mass is 35.5. The number of anilines is 1. The van der Waals surface area contributed by atoms with Gasteiger partial charge in [-0.15, -0.1) is 10.2 Å². The maximum Gasteiger partial charge on any atom is 0.277 e. The minimum absolute atomic E-state index is 0.117. The van der Waals surface area contributed by atoms with Crippen molar-refractivity contribution in [1.82, 2.24) is 10.2 Å². The number of rotatable bonds is 7. The Morgan fingerprint density at radius 3 is 2.58 bits per heavy atom. The van der Waals surface area contributed by atoms with E-state index in [1.54, 1.807) is 24.3 Å². The summed E-state index contributed by atoms with van der Waals surface area (Å²) in [6.45, 7) is 1.64. The molecule has 0 saturated carbocycles. The molecule has 0 aliphatic rings. The standard InChI is InChI=1S/C18H16ClN3O3S/c1-12(23)20-15-6-8-16(9-7-15)24-10-17-21-22-18(25-17)26-11-13-2-4-14(19)5-3-13/h2-9H,10-11H2,1H3,(H,20,23). The molecule has 0 unspecified atom stereocenters. The number of carbonyl (C=O) groups excluding carboxylic acids is 1. The maximum atomic E-state index is 11.0. The fraction of sp³-hybridized carbons (Fsp3) is 0.167. The van der Waals surface area contributed by atoms with Gasteiger partial charge in [0.2, 0.25) is 5.91 Å². The lowest BCUT2D eigenvalue weighted by atomic mass is 10.2. The Bertz CT molecular complexity index is 866. The number of nitrogens with one attached hydrogen (secondary N) is 1. The molecule has 0 fully saturated rings. The maximum absolute atomic E-state index is 11.0. The highest BCUT2D eigenvalue weighted by molar-refractivity contribution is 7.98. The van der Waals surface area contributed by atoms with Gasteiger partial charge in [0.05, 0.1) is 0 Å². The first-order chi connectivity index (χ1) is 12.6. The molecule has 1 aromatic heterocycles. The van der Waals surface area contributed by atoms with Gasteiger partial charge < -0.3 is 14.5 Å². The van der Waals surface area contributed by atoms with E-state index >= 15 is 0 Å². The molecule has 6 nitrogen and oxygen atoms in total. The second-order valence-corrected chi connectivity index (χ2v) is 6.73. The van der Waals surface area contributed by atoms with E-state index in [1.165, 1.54) is 18.7 Å². The summed E-state index contributed by atoms with van der Waals surface area (Å²) < 4.78 is 11.2. The molecule has 1 amide bonds. The van der Waals surface area contributed by atoms with Crippen molar-refractivity contribution >= 4 is 35.0 Å². The predicted molar refractivity (Wildman–Crippen MR) is 100 cm³/mol. The van der Waals surface area contributed by atoms with Gasteiger partial charge in [-0.1, -0.05) is 35.5 Å². The Hall–Kier alpha value is -2.51. The number of thioether (sulfide) groups is 1. The Labute approximate surface area is 159 Å². The van der Waals surface area contributed by atoms with Crippen LogP contribution in [0.4, 0.5) is 5.69 Å². The monoisotopic (exact) mass is 389 g/mol. The van der Waals surface area contributed by atoms with Crippen LogP contribution in [-0.4, -0.2) is 16.1 Å². The quantitative estimate of drug-likeness (QED) is 0.597. The lowest BCUT2D eigenvalue weighted by molar-refractivity contribution is -0.114. The van der Waals surface area contributed by atoms with Crippen molar-refractivity contribution in [2.45, 2.75) is 24.5 Å². The number of ether oxygens (including phenoxy) is 1. The zero-order valence-electron chi connectivity index (χ0n) is 13.9. The molecule has 0 aliphatic carbocycles. The van der Waals surface area contributed by atoms with E-state index in [-0.39, 0.29) is 12.5 Å². The van der Waals surface area contributed by atoms with Crippen LogP contribution in [0.5, 0.6) is 5.75 Å². The van der Waals surface area contributed by atoms with Gasteiger partial charge in [-0.2, -0.15) is 0 Å². The second kappa shape index (κ2) is 8.73. The van der Waals surface area contributed by atoms with Crippen molar-refractivity contribution in [2.75, 3.05) is 5.32 Å². The van der Waals surface area contributed by atoms with E-state index in [4.69, 9.17) is 20.8 Å². The molecule has 0 spiro atoms. The Morgan fingerprint density at radius 1 is 1.15 bits per heavy atom. The zero-order chi connectivity index (χ0) is 18.4. The molecule has 1 N–H and O–H groups in total. The molecule has 0 aliphatic heterocycles. The number of aromatic nitrogens is 2. The molecule has 8 heteroatoms. The van der Waals surface area contributed by atoms with Crippen LogP contribution in [0, 0.1) is 0 Å². The van der Waals surface area contributed by atoms with Crippen LogP contribution in [0.15, 0.2) is 58.2 Å². The minimum Gasteiger partial charge on any atom is -0.484 e. The summed E-state index contributed by atoms with van der Waals surface area (Å²) in [6, 6.07) is 14.7. The number of halogens is 1. The van der Waals surface area contributed by atoms with E-state index in [2.05, 4.69) is 15.5 Å². The van der Waals surface area contributed by atoms with Crippen LogP contribution in [0.2, 0.25) is 5.02 Å². The van der Waals surface area contributed by atoms with Crippen LogP contribution >= 0.6 is 23.4 Å². The van der Waals surface area contributed by atoms with E-state index < -0.39 is 0 Å². The molecular weight excluding hydrogens is 374 g/mol. The van der Waals surface area contributed by atoms with Crippen molar-refractivity contribution in [3.63, 3.8) is 0 Å². The van der Waals surface area contributed by atoms with Crippen LogP contribution in [-0.2, 0) is 17.2 Å². The SMILES string of the molecule is CC(=O)Nc1ccc(OCc2nnc(SCc3ccc(Cl)cc3)o2)cc1. The third-order valence-corrected chi connectivity index (χ3v) is 4.40. The molecule has 0 saturated heterocycles. The lowest BCUT2D eigenvalue weighted by Crippen LogP contribution is -2.05. The van der Waals surface area contributed by atoms with Gasteiger partial charge in [0.25, 0.3) is 11.1 Å². The molecule has 0 atom stereocenters. The molecule has 1 heterocycles. The number of carbonyl (C=O) groups is 1. The average Bonchev–Trinajstić information content (AvgIpc) is 3.08. The van der Waals surface area contributed by atoms with Gasteiger partial charge in [0.1, 0.15) is 5.75 Å². The highest BCUT2D eigenvalue weighted by Crippen LogP contribution is 2.23. The molecular formula is C18H16ClN3O3S. The Morgan fingerprint density at radius 2 is 1.88 bits per heavy atom. The summed E-state index contributed by atoms with van der Waals surface area (Å²) in [5.74, 6) is 1.64. The molecule has 3 rings (SSSR count). The summed E-state index contributed by atoms with van der Waals surface area (Å²) in [4.78, 5) is 11.0. The topological polar surface area (TPSA) is 77.2 Å². The second-order valence-electron chi connectivity index (χ2n) is 5.37. The van der Waals surface area contributed by atoms with Crippen molar-refractivity contribution in [1.29, 1.82) is 0 Å². The summed E-state index contributed by atoms with van der Waals surface area (Å²) in [6.07, 6.45) is 0. The molecule has 2 aromatic carbocycles. The molecule has 0 bridgehead atoms. The number of hydrogen-bond acceptors (Lipinski definition) is 6. The first-order valence-electron chi connectivity index (χ1n) is 7.78. The number of hydrogen-bond donors (Lipinski definition) is 1. The Balaban J connectivity index is 1.48. The van der Waals surface area contributed by atoms with Crippen LogP contribution in [0.3, 0.4) is 0 Å². The summed E-state index contributed by atoms with van der Waals surface area (Å²) in [5, 5.41) is 11.9. The van der Waals surface area contributed by atoms with E-state index in [0.29, 0.717) is 33.3 Å². The number of nitrogens with zero attached hydrogens (tertiary/aromatic N) is 2. The number of amides is 1. The van der Waals surface area contributed by atoms with Crippen molar-refractivity contribution in [2.24, 2.45) is 0 Å². The predicted octanol–water partition coefficient (Wildman–Crippen LogP) is 4.55. The van der Waals surface area contributed by atoms with Gasteiger partial charge in [0.15, 0.2) is 6.61 Å². The third kappa shape index (κ3) is 5.50. The van der Waals surface area contributed by atoms with Crippen LogP contribution in [0.1, 0.15) is 18.4 Å². The van der Waals surface area contributed by atoms with Gasteiger partial charge in [-0.05, 0) is 42.0 Å². The van der Waals surface area contributed by atoms with Gasteiger partial charge in [-0.3, -0.25) is 4.79 Å². The summed E-state index contributed by atoms with van der Waals surface area (Å²) in [5.41, 5.74) is 1.83. The first kappa shape index (κ1) is 18.3. The fourth-order valence-electron chi connectivity index (χ4n) is 2.06. The summed E-state index contributed by atoms with van der Waals surface area (Å²) in [7, 11) is 0. The summed E-state index contributed by atoms with van der Waals surface area (Å²) >= 11 is 7.32. The van der Waals surface area contributed by atoms with Crippen molar-refractivity contribution in [3.05, 3.63) is 65.0 Å². The first-order valence-corrected chi connectivity index (χ1v) is 9.15. The van der Waals surface area contributed by atoms with Crippen molar-refractivity contribution < 1.29 is 13.9 Å². The van der Waals surface area contributed by atoms with Crippen LogP contribution < -0.4 is 10.1 Å². The molecule has 26 heavy (non-hydrogen) atoms. The van der Waals surface area contributed by atoms with Gasteiger partial charge in [-0.25, -0.2) is 0 Å². The fourth-order valence-corrected chi connectivity index (χ4v) is 2.93. The third-order valence-electron chi connectivity index (χ3n) is 3.26. The minimum atomic E-state index is -0.117. The van der Waals surface area contributed by atoms with Gasteiger partial charge in [0, 0.05) is 23.4 Å². The zero-order valence-corrected chi connectivity index (χ0v) is 15.5. The average molecular weight is 390 g/mol. The molecule has 0 radical (unpaired) electrons. The Kier molecular flexibility index (Phi) is 6.14. The smallest absolute Gasteiger partial charge is 0.277 e. The van der Waals surface area contributed by atoms with Crippen molar-refractivity contribution in [3.8, 4) is 5.75 Å². The lowest BCUT2D eigenvalue weighted by Gasteiger charge is -2.05. The van der Waals surface area contributed by atoms with E-state index in [9.17, 15) is 4.79 Å². The molecule has 134 valence electrons. The highest BCUT2D eigenvalue weighted by Gasteiger charge is 2.08. The van der Waals surface area contributed by atoms with Gasteiger partial charge >= 0.3 is 0 Å². The molecule has 3 aromatic rings. The number of benzene rings is 2. The van der Waals surface area contributed by atoms with E-state index in [0.717, 1.165) is 5.56 Å².